The average molecular weight is 299 g/mol. The van der Waals surface area contributed by atoms with Crippen molar-refractivity contribution in [2.24, 2.45) is 5.41 Å². The van der Waals surface area contributed by atoms with Gasteiger partial charge in [-0.05, 0) is 25.7 Å². The van der Waals surface area contributed by atoms with Crippen molar-refractivity contribution in [1.82, 2.24) is 15.6 Å². The molecule has 0 aliphatic heterocycles. The van der Waals surface area contributed by atoms with Crippen LogP contribution in [0, 0.1) is 19.3 Å². The first-order valence-corrected chi connectivity index (χ1v) is 7.61. The largest absolute Gasteiger partial charge is 0.394 e. The van der Waals surface area contributed by atoms with Crippen molar-refractivity contribution in [2.45, 2.75) is 53.6 Å². The fraction of sp³-hybridized carbons (Fsp3) is 0.714. The highest BCUT2D eigenvalue weighted by Crippen LogP contribution is 2.20. The predicted octanol–water partition coefficient (Wildman–Crippen LogP) is 2.36. The van der Waals surface area contributed by atoms with E-state index in [1.165, 1.54) is 0 Å². The molecule has 0 radical (unpaired) electrons. The number of hydrogen-bond acceptors (Lipinski definition) is 4. The number of aliphatic hydroxyl groups is 1. The number of urea groups is 1. The highest BCUT2D eigenvalue weighted by molar-refractivity contribution is 7.11. The Bertz CT molecular complexity index is 452. The molecule has 0 aliphatic carbocycles. The SMILES string of the molecule is Cc1nc(CNC(=O)NC(CO)CC(C)(C)C)c(C)s1. The number of aliphatic hydroxyl groups excluding tert-OH is 1. The van der Waals surface area contributed by atoms with Gasteiger partial charge in [-0.15, -0.1) is 11.3 Å². The smallest absolute Gasteiger partial charge is 0.315 e. The molecule has 1 aromatic rings. The Morgan fingerprint density at radius 2 is 2.05 bits per heavy atom. The molecule has 0 aromatic carbocycles. The molecule has 6 heteroatoms. The number of hydrogen-bond donors (Lipinski definition) is 3. The first kappa shape index (κ1) is 16.9. The van der Waals surface area contributed by atoms with Crippen LogP contribution >= 0.6 is 11.3 Å². The molecule has 1 unspecified atom stereocenters. The minimum atomic E-state index is -0.265. The Kier molecular flexibility index (Phi) is 5.95. The summed E-state index contributed by atoms with van der Waals surface area (Å²) in [6.07, 6.45) is 0.728. The molecule has 0 bridgehead atoms. The molecule has 3 N–H and O–H groups in total. The summed E-state index contributed by atoms with van der Waals surface area (Å²) in [7, 11) is 0. The number of aryl methyl sites for hydroxylation is 2. The summed E-state index contributed by atoms with van der Waals surface area (Å²) in [5.41, 5.74) is 0.961. The molecule has 5 nitrogen and oxygen atoms in total. The quantitative estimate of drug-likeness (QED) is 0.781. The van der Waals surface area contributed by atoms with Crippen molar-refractivity contribution < 1.29 is 9.90 Å². The lowest BCUT2D eigenvalue weighted by molar-refractivity contribution is 0.190. The maximum Gasteiger partial charge on any atom is 0.315 e. The summed E-state index contributed by atoms with van der Waals surface area (Å²) in [5, 5.41) is 15.9. The van der Waals surface area contributed by atoms with Crippen molar-refractivity contribution in [3.8, 4) is 0 Å². The van der Waals surface area contributed by atoms with Crippen LogP contribution in [-0.2, 0) is 6.54 Å². The van der Waals surface area contributed by atoms with Gasteiger partial charge in [-0.2, -0.15) is 0 Å². The van der Waals surface area contributed by atoms with Gasteiger partial charge in [0.25, 0.3) is 0 Å². The van der Waals surface area contributed by atoms with Crippen molar-refractivity contribution in [2.75, 3.05) is 6.61 Å². The summed E-state index contributed by atoms with van der Waals surface area (Å²) in [6.45, 7) is 10.5. The van der Waals surface area contributed by atoms with E-state index in [2.05, 4.69) is 36.4 Å². The number of carbonyl (C=O) groups excluding carboxylic acids is 1. The lowest BCUT2D eigenvalue weighted by Gasteiger charge is -2.25. The molecular formula is C14H25N3O2S. The van der Waals surface area contributed by atoms with Crippen LogP contribution in [0.2, 0.25) is 0 Å². The van der Waals surface area contributed by atoms with Crippen LogP contribution in [0.15, 0.2) is 0 Å². The van der Waals surface area contributed by atoms with Gasteiger partial charge in [0.05, 0.1) is 29.9 Å². The number of rotatable bonds is 5. The molecule has 0 aliphatic rings. The van der Waals surface area contributed by atoms with E-state index in [0.717, 1.165) is 22.0 Å². The zero-order valence-electron chi connectivity index (χ0n) is 12.9. The van der Waals surface area contributed by atoms with E-state index < -0.39 is 0 Å². The van der Waals surface area contributed by atoms with E-state index in [1.54, 1.807) is 11.3 Å². The van der Waals surface area contributed by atoms with Gasteiger partial charge >= 0.3 is 6.03 Å². The van der Waals surface area contributed by atoms with Gasteiger partial charge in [0.1, 0.15) is 0 Å². The number of amides is 2. The second kappa shape index (κ2) is 7.04. The first-order valence-electron chi connectivity index (χ1n) is 6.79. The summed E-state index contributed by atoms with van der Waals surface area (Å²) in [5.74, 6) is 0. The third-order valence-electron chi connectivity index (χ3n) is 2.83. The maximum atomic E-state index is 11.8. The van der Waals surface area contributed by atoms with Gasteiger partial charge in [-0.25, -0.2) is 9.78 Å². The Hall–Kier alpha value is -1.14. The monoisotopic (exact) mass is 299 g/mol. The van der Waals surface area contributed by atoms with Crippen LogP contribution in [0.4, 0.5) is 4.79 Å². The van der Waals surface area contributed by atoms with E-state index >= 15 is 0 Å². The Morgan fingerprint density at radius 1 is 1.40 bits per heavy atom. The molecule has 1 atom stereocenters. The number of carbonyl (C=O) groups is 1. The van der Waals surface area contributed by atoms with Crippen LogP contribution in [0.1, 0.15) is 42.8 Å². The molecule has 1 aromatic heterocycles. The summed E-state index contributed by atoms with van der Waals surface area (Å²) in [4.78, 5) is 17.3. The molecule has 2 amide bonds. The lowest BCUT2D eigenvalue weighted by atomic mass is 9.88. The molecule has 20 heavy (non-hydrogen) atoms. The standard InChI is InChI=1S/C14H25N3O2S/c1-9-12(16-10(2)20-9)7-15-13(19)17-11(8-18)6-14(3,4)5/h11,18H,6-8H2,1-5H3,(H2,15,17,19). The van der Waals surface area contributed by atoms with E-state index in [4.69, 9.17) is 0 Å². The number of thiazole rings is 1. The molecule has 0 saturated carbocycles. The van der Waals surface area contributed by atoms with Gasteiger partial charge < -0.3 is 15.7 Å². The molecule has 0 fully saturated rings. The minimum absolute atomic E-state index is 0.0560. The summed E-state index contributed by atoms with van der Waals surface area (Å²) in [6, 6.07) is -0.494. The van der Waals surface area contributed by atoms with Crippen LogP contribution in [-0.4, -0.2) is 28.8 Å². The van der Waals surface area contributed by atoms with Crippen LogP contribution < -0.4 is 10.6 Å². The second-order valence-electron chi connectivity index (χ2n) is 6.21. The second-order valence-corrected chi connectivity index (χ2v) is 7.61. The van der Waals surface area contributed by atoms with Gasteiger partial charge in [-0.1, -0.05) is 20.8 Å². The van der Waals surface area contributed by atoms with Crippen molar-refractivity contribution in [1.29, 1.82) is 0 Å². The zero-order chi connectivity index (χ0) is 15.3. The van der Waals surface area contributed by atoms with Crippen molar-refractivity contribution in [3.05, 3.63) is 15.6 Å². The third kappa shape index (κ3) is 5.88. The zero-order valence-corrected chi connectivity index (χ0v) is 13.7. The minimum Gasteiger partial charge on any atom is -0.394 e. The van der Waals surface area contributed by atoms with E-state index in [1.807, 2.05) is 13.8 Å². The number of nitrogens with zero attached hydrogens (tertiary/aromatic N) is 1. The Morgan fingerprint density at radius 3 is 2.50 bits per heavy atom. The van der Waals surface area contributed by atoms with Crippen molar-refractivity contribution in [3.63, 3.8) is 0 Å². The fourth-order valence-corrected chi connectivity index (χ4v) is 2.87. The molecule has 0 saturated heterocycles. The fourth-order valence-electron chi connectivity index (χ4n) is 2.04. The normalized spacial score (nSPS) is 13.1. The molecule has 114 valence electrons. The van der Waals surface area contributed by atoms with Crippen molar-refractivity contribution >= 4 is 17.4 Å². The average Bonchev–Trinajstić information content (AvgIpc) is 2.62. The number of aromatic nitrogens is 1. The summed E-state index contributed by atoms with van der Waals surface area (Å²) < 4.78 is 0. The topological polar surface area (TPSA) is 74.2 Å². The molecule has 0 spiro atoms. The molecule has 1 rings (SSSR count). The highest BCUT2D eigenvalue weighted by atomic mass is 32.1. The predicted molar refractivity (Wildman–Crippen MR) is 81.9 cm³/mol. The van der Waals surface area contributed by atoms with Crippen LogP contribution in [0.25, 0.3) is 0 Å². The maximum absolute atomic E-state index is 11.8. The van der Waals surface area contributed by atoms with Crippen LogP contribution in [0.5, 0.6) is 0 Å². The van der Waals surface area contributed by atoms with E-state index in [0.29, 0.717) is 6.54 Å². The van der Waals surface area contributed by atoms with E-state index in [-0.39, 0.29) is 24.1 Å². The highest BCUT2D eigenvalue weighted by Gasteiger charge is 2.19. The van der Waals surface area contributed by atoms with Crippen LogP contribution in [0.3, 0.4) is 0 Å². The molecular weight excluding hydrogens is 274 g/mol. The lowest BCUT2D eigenvalue weighted by Crippen LogP contribution is -2.45. The Balaban J connectivity index is 2.44. The summed E-state index contributed by atoms with van der Waals surface area (Å²) >= 11 is 1.62. The van der Waals surface area contributed by atoms with Gasteiger partial charge in [0, 0.05) is 4.88 Å². The molecule has 1 heterocycles. The van der Waals surface area contributed by atoms with Gasteiger partial charge in [-0.3, -0.25) is 0 Å². The number of nitrogens with one attached hydrogen (secondary N) is 2. The van der Waals surface area contributed by atoms with Gasteiger partial charge in [0.15, 0.2) is 0 Å². The third-order valence-corrected chi connectivity index (χ3v) is 3.76. The first-order chi connectivity index (χ1) is 9.21. The Labute approximate surface area is 124 Å². The van der Waals surface area contributed by atoms with Gasteiger partial charge in [0.2, 0.25) is 0 Å². The van der Waals surface area contributed by atoms with E-state index in [9.17, 15) is 9.90 Å².